The third-order valence-electron chi connectivity index (χ3n) is 3.64. The monoisotopic (exact) mass is 306 g/mol. The molecule has 3 rings (SSSR count). The molecule has 0 saturated heterocycles. The second-order valence-corrected chi connectivity index (χ2v) is 6.03. The van der Waals surface area contributed by atoms with Crippen molar-refractivity contribution in [1.29, 1.82) is 0 Å². The van der Waals surface area contributed by atoms with E-state index in [-0.39, 0.29) is 17.0 Å². The average Bonchev–Trinajstić information content (AvgIpc) is 2.87. The molecule has 2 N–H and O–H groups in total. The molecule has 1 aliphatic heterocycles. The number of fused-ring (bicyclic) bond motifs is 1. The van der Waals surface area contributed by atoms with E-state index in [0.29, 0.717) is 18.3 Å². The van der Waals surface area contributed by atoms with Gasteiger partial charge in [0.05, 0.1) is 11.3 Å². The second-order valence-electron chi connectivity index (χ2n) is 4.83. The van der Waals surface area contributed by atoms with Crippen LogP contribution in [0.2, 0.25) is 0 Å². The number of benzene rings is 1. The lowest BCUT2D eigenvalue weighted by Gasteiger charge is -2.32. The first-order chi connectivity index (χ1) is 10.2. The van der Waals surface area contributed by atoms with Crippen LogP contribution < -0.4 is 15.7 Å². The van der Waals surface area contributed by atoms with Crippen LogP contribution in [0.4, 0.5) is 0 Å². The van der Waals surface area contributed by atoms with E-state index in [1.54, 1.807) is 16.3 Å². The highest BCUT2D eigenvalue weighted by atomic mass is 32.2. The first-order valence-electron chi connectivity index (χ1n) is 6.95. The number of H-pyrrole nitrogens is 1. The molecule has 2 atom stereocenters. The summed E-state index contributed by atoms with van der Waals surface area (Å²) in [4.78, 5) is 11.6. The Hall–Kier alpha value is -1.73. The summed E-state index contributed by atoms with van der Waals surface area (Å²) in [7, 11) is 1.94. The van der Waals surface area contributed by atoms with Gasteiger partial charge in [-0.05, 0) is 20.0 Å². The van der Waals surface area contributed by atoms with E-state index in [4.69, 9.17) is 4.74 Å². The zero-order valence-corrected chi connectivity index (χ0v) is 12.8. The standard InChI is InChI=1S/C14H18N4O2S/c1-3-18-13(19)16-17-14(18)21-11-8-20-10-7-5-4-6-9(10)12(11)15-2/h4-7,11-12,15H,3,8H2,1-2H3,(H,16,19). The van der Waals surface area contributed by atoms with Crippen LogP contribution in [0.15, 0.2) is 34.2 Å². The Bertz CT molecular complexity index is 682. The third-order valence-corrected chi connectivity index (χ3v) is 4.87. The molecule has 0 bridgehead atoms. The molecule has 2 heterocycles. The fraction of sp³-hybridized carbons (Fsp3) is 0.429. The summed E-state index contributed by atoms with van der Waals surface area (Å²) in [6, 6.07) is 8.20. The number of ether oxygens (including phenoxy) is 1. The number of hydrogen-bond donors (Lipinski definition) is 2. The fourth-order valence-electron chi connectivity index (χ4n) is 2.59. The topological polar surface area (TPSA) is 71.9 Å². The first kappa shape index (κ1) is 14.2. The van der Waals surface area contributed by atoms with Crippen LogP contribution in [0.3, 0.4) is 0 Å². The van der Waals surface area contributed by atoms with Crippen LogP contribution in [0, 0.1) is 0 Å². The molecule has 21 heavy (non-hydrogen) atoms. The van der Waals surface area contributed by atoms with Crippen molar-refractivity contribution >= 4 is 11.8 Å². The summed E-state index contributed by atoms with van der Waals surface area (Å²) < 4.78 is 7.47. The Labute approximate surface area is 126 Å². The molecule has 1 aromatic heterocycles. The van der Waals surface area contributed by atoms with Gasteiger partial charge in [-0.2, -0.15) is 0 Å². The molecule has 0 radical (unpaired) electrons. The number of nitrogens with zero attached hydrogens (tertiary/aromatic N) is 2. The molecule has 2 aromatic rings. The van der Waals surface area contributed by atoms with E-state index in [1.807, 2.05) is 32.2 Å². The number of hydrogen-bond acceptors (Lipinski definition) is 5. The maximum absolute atomic E-state index is 11.6. The molecule has 0 spiro atoms. The van der Waals surface area contributed by atoms with Gasteiger partial charge in [-0.25, -0.2) is 9.89 Å². The summed E-state index contributed by atoms with van der Waals surface area (Å²) in [6.07, 6.45) is 0. The van der Waals surface area contributed by atoms with Gasteiger partial charge in [-0.1, -0.05) is 30.0 Å². The Morgan fingerprint density at radius 3 is 3.10 bits per heavy atom. The van der Waals surface area contributed by atoms with Gasteiger partial charge < -0.3 is 10.1 Å². The van der Waals surface area contributed by atoms with E-state index in [9.17, 15) is 4.79 Å². The minimum absolute atomic E-state index is 0.158. The van der Waals surface area contributed by atoms with Crippen molar-refractivity contribution in [2.75, 3.05) is 13.7 Å². The summed E-state index contributed by atoms with van der Waals surface area (Å²) in [5.74, 6) is 0.920. The molecule has 0 fully saturated rings. The van der Waals surface area contributed by atoms with Crippen molar-refractivity contribution in [2.24, 2.45) is 0 Å². The average molecular weight is 306 g/mol. The van der Waals surface area contributed by atoms with Crippen molar-refractivity contribution in [3.63, 3.8) is 0 Å². The fourth-order valence-corrected chi connectivity index (χ4v) is 3.85. The van der Waals surface area contributed by atoms with Crippen LogP contribution >= 0.6 is 11.8 Å². The molecule has 2 unspecified atom stereocenters. The van der Waals surface area contributed by atoms with E-state index >= 15 is 0 Å². The maximum Gasteiger partial charge on any atom is 0.343 e. The number of thioether (sulfide) groups is 1. The van der Waals surface area contributed by atoms with E-state index in [2.05, 4.69) is 21.6 Å². The van der Waals surface area contributed by atoms with E-state index < -0.39 is 0 Å². The molecule has 1 aromatic carbocycles. The van der Waals surface area contributed by atoms with Crippen molar-refractivity contribution in [1.82, 2.24) is 20.1 Å². The normalized spacial score (nSPS) is 20.9. The Morgan fingerprint density at radius 1 is 1.52 bits per heavy atom. The Kier molecular flexibility index (Phi) is 4.03. The minimum Gasteiger partial charge on any atom is -0.492 e. The lowest BCUT2D eigenvalue weighted by atomic mass is 10.0. The number of rotatable bonds is 4. The molecule has 112 valence electrons. The molecule has 6 nitrogen and oxygen atoms in total. The van der Waals surface area contributed by atoms with Crippen LogP contribution in [-0.2, 0) is 6.54 Å². The van der Waals surface area contributed by atoms with Crippen molar-refractivity contribution in [3.8, 4) is 5.75 Å². The predicted octanol–water partition coefficient (Wildman–Crippen LogP) is 1.41. The van der Waals surface area contributed by atoms with Gasteiger partial charge in [0.2, 0.25) is 0 Å². The third kappa shape index (κ3) is 2.58. The highest BCUT2D eigenvalue weighted by Gasteiger charge is 2.31. The van der Waals surface area contributed by atoms with Crippen LogP contribution in [0.5, 0.6) is 5.75 Å². The van der Waals surface area contributed by atoms with Gasteiger partial charge in [0, 0.05) is 12.1 Å². The maximum atomic E-state index is 11.6. The number of aromatic amines is 1. The molecular weight excluding hydrogens is 288 g/mol. The summed E-state index contributed by atoms with van der Waals surface area (Å²) in [6.45, 7) is 3.12. The highest BCUT2D eigenvalue weighted by molar-refractivity contribution is 7.99. The van der Waals surface area contributed by atoms with Gasteiger partial charge >= 0.3 is 5.69 Å². The van der Waals surface area contributed by atoms with Gasteiger partial charge in [0.25, 0.3) is 0 Å². The van der Waals surface area contributed by atoms with Crippen molar-refractivity contribution in [2.45, 2.75) is 29.9 Å². The Balaban J connectivity index is 1.88. The summed E-state index contributed by atoms with van der Waals surface area (Å²) in [5, 5.41) is 10.8. The van der Waals surface area contributed by atoms with Gasteiger partial charge in [0.15, 0.2) is 5.16 Å². The molecule has 0 aliphatic carbocycles. The largest absolute Gasteiger partial charge is 0.492 e. The molecular formula is C14H18N4O2S. The number of para-hydroxylation sites is 1. The van der Waals surface area contributed by atoms with E-state index in [0.717, 1.165) is 11.3 Å². The summed E-state index contributed by atoms with van der Waals surface area (Å²) >= 11 is 1.57. The molecule has 7 heteroatoms. The zero-order chi connectivity index (χ0) is 14.8. The molecule has 1 aliphatic rings. The first-order valence-corrected chi connectivity index (χ1v) is 7.83. The summed E-state index contributed by atoms with van der Waals surface area (Å²) in [5.41, 5.74) is 0.975. The van der Waals surface area contributed by atoms with Gasteiger partial charge in [-0.15, -0.1) is 5.10 Å². The SMILES string of the molecule is CCn1c(SC2COc3ccccc3C2NC)n[nH]c1=O. The van der Waals surface area contributed by atoms with Crippen LogP contribution in [0.1, 0.15) is 18.5 Å². The van der Waals surface area contributed by atoms with Gasteiger partial charge in [-0.3, -0.25) is 4.57 Å². The van der Waals surface area contributed by atoms with Crippen molar-refractivity contribution in [3.05, 3.63) is 40.3 Å². The van der Waals surface area contributed by atoms with Crippen LogP contribution in [-0.4, -0.2) is 33.7 Å². The van der Waals surface area contributed by atoms with Gasteiger partial charge in [0.1, 0.15) is 12.4 Å². The van der Waals surface area contributed by atoms with E-state index in [1.165, 1.54) is 0 Å². The quantitative estimate of drug-likeness (QED) is 0.893. The second kappa shape index (κ2) is 5.95. The lowest BCUT2D eigenvalue weighted by Crippen LogP contribution is -2.36. The van der Waals surface area contributed by atoms with Crippen molar-refractivity contribution < 1.29 is 4.74 Å². The predicted molar refractivity (Wildman–Crippen MR) is 81.9 cm³/mol. The van der Waals surface area contributed by atoms with Crippen LogP contribution in [0.25, 0.3) is 0 Å². The highest BCUT2D eigenvalue weighted by Crippen LogP contribution is 2.38. The minimum atomic E-state index is -0.168. The Morgan fingerprint density at radius 2 is 2.33 bits per heavy atom. The molecule has 0 amide bonds. The zero-order valence-electron chi connectivity index (χ0n) is 12.0. The lowest BCUT2D eigenvalue weighted by molar-refractivity contribution is 0.264. The smallest absolute Gasteiger partial charge is 0.343 e. The number of aromatic nitrogens is 3. The molecule has 0 saturated carbocycles. The number of nitrogens with one attached hydrogen (secondary N) is 2.